The lowest BCUT2D eigenvalue weighted by molar-refractivity contribution is -0.135. The summed E-state index contributed by atoms with van der Waals surface area (Å²) < 4.78 is 28.4. The molecule has 0 saturated heterocycles. The molecule has 0 fully saturated rings. The van der Waals surface area contributed by atoms with Crippen LogP contribution in [0.4, 0.5) is 0 Å². The van der Waals surface area contributed by atoms with Crippen LogP contribution < -0.4 is 17.2 Å². The fraction of sp³-hybridized carbons (Fsp3) is 0.385. The number of guanidine groups is 1. The van der Waals surface area contributed by atoms with Gasteiger partial charge in [-0.25, -0.2) is 4.79 Å². The molecule has 0 bridgehead atoms. The molecule has 0 aliphatic carbocycles. The van der Waals surface area contributed by atoms with Crippen molar-refractivity contribution >= 4 is 22.0 Å². The smallest absolute Gasteiger partial charge is 0.341 e. The molecule has 0 amide bonds. The Morgan fingerprint density at radius 1 is 1.27 bits per heavy atom. The van der Waals surface area contributed by atoms with Crippen LogP contribution in [0, 0.1) is 6.92 Å². The zero-order valence-electron chi connectivity index (χ0n) is 12.2. The van der Waals surface area contributed by atoms with Gasteiger partial charge in [0.05, 0.1) is 0 Å². The highest BCUT2D eigenvalue weighted by Crippen LogP contribution is 2.14. The van der Waals surface area contributed by atoms with E-state index in [-0.39, 0.29) is 17.3 Å². The lowest BCUT2D eigenvalue weighted by atomic mass is 10.2. The standard InChI is InChI=1S/C13H20N4O4S/c1-9-4-6-10(7-5-9)22(19,20)21-12(18)11(14)3-2-8-17-13(15)16/h4-7,11H,2-3,8,14H2,1H3,(H4,15,16,17)/t11-/m1/s1. The van der Waals surface area contributed by atoms with E-state index in [9.17, 15) is 13.2 Å². The summed E-state index contributed by atoms with van der Waals surface area (Å²) in [5.74, 6) is -1.07. The number of carbonyl (C=O) groups is 1. The summed E-state index contributed by atoms with van der Waals surface area (Å²) >= 11 is 0. The van der Waals surface area contributed by atoms with Crippen LogP contribution in [-0.2, 0) is 19.1 Å². The first kappa shape index (κ1) is 17.9. The summed E-state index contributed by atoms with van der Waals surface area (Å²) in [6.07, 6.45) is 0.637. The molecule has 0 saturated carbocycles. The van der Waals surface area contributed by atoms with Gasteiger partial charge < -0.3 is 21.4 Å². The number of nitrogens with zero attached hydrogens (tertiary/aromatic N) is 1. The number of hydrogen-bond acceptors (Lipinski definition) is 6. The summed E-state index contributed by atoms with van der Waals surface area (Å²) in [4.78, 5) is 15.3. The van der Waals surface area contributed by atoms with Crippen LogP contribution in [-0.4, -0.2) is 32.9 Å². The van der Waals surface area contributed by atoms with Crippen molar-refractivity contribution in [3.63, 3.8) is 0 Å². The van der Waals surface area contributed by atoms with Gasteiger partial charge in [0.2, 0.25) is 0 Å². The van der Waals surface area contributed by atoms with Crippen LogP contribution >= 0.6 is 0 Å². The maximum absolute atomic E-state index is 11.9. The molecule has 1 aromatic carbocycles. The summed E-state index contributed by atoms with van der Waals surface area (Å²) in [6, 6.07) is 4.88. The minimum atomic E-state index is -4.16. The van der Waals surface area contributed by atoms with Crippen LogP contribution in [0.15, 0.2) is 34.2 Å². The Balaban J connectivity index is 2.59. The molecule has 8 nitrogen and oxygen atoms in total. The Labute approximate surface area is 129 Å². The zero-order valence-corrected chi connectivity index (χ0v) is 13.0. The summed E-state index contributed by atoms with van der Waals surface area (Å²) in [5, 5.41) is 0. The molecule has 0 spiro atoms. The van der Waals surface area contributed by atoms with Crippen LogP contribution in [0.2, 0.25) is 0 Å². The molecule has 1 rings (SSSR count). The van der Waals surface area contributed by atoms with E-state index >= 15 is 0 Å². The molecule has 9 heteroatoms. The minimum absolute atomic E-state index is 0.0573. The Hall–Kier alpha value is -2.13. The van der Waals surface area contributed by atoms with E-state index in [4.69, 9.17) is 17.2 Å². The third-order valence-electron chi connectivity index (χ3n) is 2.77. The fourth-order valence-corrected chi connectivity index (χ4v) is 2.47. The van der Waals surface area contributed by atoms with Crippen molar-refractivity contribution in [3.05, 3.63) is 29.8 Å². The highest BCUT2D eigenvalue weighted by molar-refractivity contribution is 7.87. The van der Waals surface area contributed by atoms with E-state index in [1.54, 1.807) is 12.1 Å². The fourth-order valence-electron chi connectivity index (χ4n) is 1.56. The van der Waals surface area contributed by atoms with Gasteiger partial charge in [-0.1, -0.05) is 17.7 Å². The largest absolute Gasteiger partial charge is 0.370 e. The Morgan fingerprint density at radius 3 is 2.41 bits per heavy atom. The maximum Gasteiger partial charge on any atom is 0.341 e. The predicted molar refractivity (Wildman–Crippen MR) is 82.3 cm³/mol. The van der Waals surface area contributed by atoms with Gasteiger partial charge in [0.15, 0.2) is 5.96 Å². The van der Waals surface area contributed by atoms with Crippen LogP contribution in [0.3, 0.4) is 0 Å². The highest BCUT2D eigenvalue weighted by atomic mass is 32.2. The van der Waals surface area contributed by atoms with E-state index in [0.717, 1.165) is 5.56 Å². The third-order valence-corrected chi connectivity index (χ3v) is 4.01. The first-order chi connectivity index (χ1) is 10.2. The third kappa shape index (κ3) is 5.70. The van der Waals surface area contributed by atoms with Gasteiger partial charge in [-0.15, -0.1) is 0 Å². The quantitative estimate of drug-likeness (QED) is 0.267. The van der Waals surface area contributed by atoms with Crippen molar-refractivity contribution in [2.45, 2.75) is 30.7 Å². The molecule has 0 aliphatic heterocycles. The van der Waals surface area contributed by atoms with Gasteiger partial charge in [0.25, 0.3) is 0 Å². The highest BCUT2D eigenvalue weighted by Gasteiger charge is 2.24. The molecule has 6 N–H and O–H groups in total. The second kappa shape index (κ2) is 7.76. The van der Waals surface area contributed by atoms with Crippen molar-refractivity contribution in [2.24, 2.45) is 22.2 Å². The maximum atomic E-state index is 11.9. The molecular weight excluding hydrogens is 308 g/mol. The summed E-state index contributed by atoms with van der Waals surface area (Å²) in [6.45, 7) is 2.11. The normalized spacial score (nSPS) is 12.5. The average Bonchev–Trinajstić information content (AvgIpc) is 2.43. The molecule has 1 atom stereocenters. The van der Waals surface area contributed by atoms with E-state index in [1.165, 1.54) is 12.1 Å². The van der Waals surface area contributed by atoms with E-state index in [2.05, 4.69) is 9.18 Å². The number of hydrogen-bond donors (Lipinski definition) is 3. The van der Waals surface area contributed by atoms with Gasteiger partial charge in [-0.3, -0.25) is 4.99 Å². The summed E-state index contributed by atoms with van der Waals surface area (Å²) in [7, 11) is -4.16. The summed E-state index contributed by atoms with van der Waals surface area (Å²) in [5.41, 5.74) is 16.8. The van der Waals surface area contributed by atoms with E-state index < -0.39 is 22.1 Å². The van der Waals surface area contributed by atoms with Gasteiger partial charge in [-0.05, 0) is 31.9 Å². The number of carbonyl (C=O) groups excluding carboxylic acids is 1. The first-order valence-electron chi connectivity index (χ1n) is 6.58. The Bertz CT molecular complexity index is 637. The van der Waals surface area contributed by atoms with Crippen LogP contribution in [0.25, 0.3) is 0 Å². The molecule has 0 radical (unpaired) electrons. The van der Waals surface area contributed by atoms with E-state index in [1.807, 2.05) is 6.92 Å². The first-order valence-corrected chi connectivity index (χ1v) is 7.99. The van der Waals surface area contributed by atoms with Gasteiger partial charge >= 0.3 is 16.1 Å². The molecule has 22 heavy (non-hydrogen) atoms. The topological polar surface area (TPSA) is 151 Å². The van der Waals surface area contributed by atoms with Crippen molar-refractivity contribution in [1.82, 2.24) is 0 Å². The van der Waals surface area contributed by atoms with Gasteiger partial charge in [0, 0.05) is 6.54 Å². The van der Waals surface area contributed by atoms with Crippen LogP contribution in [0.5, 0.6) is 0 Å². The zero-order chi connectivity index (χ0) is 16.8. The molecule has 0 unspecified atom stereocenters. The SMILES string of the molecule is Cc1ccc(S(=O)(=O)OC(=O)[C@H](N)CCCN=C(N)N)cc1. The average molecular weight is 328 g/mol. The Morgan fingerprint density at radius 2 is 1.86 bits per heavy atom. The molecule has 0 aromatic heterocycles. The second-order valence-electron chi connectivity index (χ2n) is 4.72. The lowest BCUT2D eigenvalue weighted by Gasteiger charge is -2.11. The molecular formula is C13H20N4O4S. The molecule has 1 aromatic rings. The lowest BCUT2D eigenvalue weighted by Crippen LogP contribution is -2.34. The predicted octanol–water partition coefficient (Wildman–Crippen LogP) is -0.392. The van der Waals surface area contributed by atoms with Crippen molar-refractivity contribution in [2.75, 3.05) is 6.54 Å². The van der Waals surface area contributed by atoms with Crippen LogP contribution in [0.1, 0.15) is 18.4 Å². The van der Waals surface area contributed by atoms with Crippen molar-refractivity contribution < 1.29 is 17.4 Å². The molecule has 122 valence electrons. The number of rotatable bonds is 7. The monoisotopic (exact) mass is 328 g/mol. The van der Waals surface area contributed by atoms with E-state index in [0.29, 0.717) is 13.0 Å². The Kier molecular flexibility index (Phi) is 6.32. The van der Waals surface area contributed by atoms with Crippen molar-refractivity contribution in [3.8, 4) is 0 Å². The number of aryl methyl sites for hydroxylation is 1. The number of aliphatic imine (C=N–C) groups is 1. The number of benzene rings is 1. The van der Waals surface area contributed by atoms with Gasteiger partial charge in [0.1, 0.15) is 10.9 Å². The van der Waals surface area contributed by atoms with Gasteiger partial charge in [-0.2, -0.15) is 8.42 Å². The van der Waals surface area contributed by atoms with Crippen molar-refractivity contribution in [1.29, 1.82) is 0 Å². The number of nitrogens with two attached hydrogens (primary N) is 3. The second-order valence-corrected chi connectivity index (χ2v) is 6.27. The molecule has 0 aliphatic rings. The minimum Gasteiger partial charge on any atom is -0.370 e. The molecule has 0 heterocycles.